The van der Waals surface area contributed by atoms with Gasteiger partial charge in [0.25, 0.3) is 0 Å². The highest BCUT2D eigenvalue weighted by Crippen LogP contribution is 2.35. The van der Waals surface area contributed by atoms with Crippen LogP contribution >= 0.6 is 11.6 Å². The molecule has 0 aliphatic heterocycles. The van der Waals surface area contributed by atoms with Crippen LogP contribution in [0.1, 0.15) is 32.6 Å². The van der Waals surface area contributed by atoms with Crippen molar-refractivity contribution < 1.29 is 0 Å². The molecule has 5 heteroatoms. The van der Waals surface area contributed by atoms with Crippen LogP contribution in [0.4, 0.5) is 5.95 Å². The van der Waals surface area contributed by atoms with Crippen molar-refractivity contribution in [2.24, 2.45) is 5.92 Å². The Labute approximate surface area is 124 Å². The summed E-state index contributed by atoms with van der Waals surface area (Å²) in [7, 11) is 0. The lowest BCUT2D eigenvalue weighted by molar-refractivity contribution is 0.278. The van der Waals surface area contributed by atoms with E-state index in [2.05, 4.69) is 27.4 Å². The Bertz CT molecular complexity index is 603. The summed E-state index contributed by atoms with van der Waals surface area (Å²) in [4.78, 5) is 4.54. The molecule has 4 nitrogen and oxygen atoms in total. The number of nitrogens with zero attached hydrogens (tertiary/aromatic N) is 3. The summed E-state index contributed by atoms with van der Waals surface area (Å²) in [6.07, 6.45) is 4.60. The normalized spacial score (nSPS) is 26.6. The second kappa shape index (κ2) is 5.52. The van der Waals surface area contributed by atoms with Crippen molar-refractivity contribution in [3.8, 4) is 0 Å². The zero-order chi connectivity index (χ0) is 14.0. The molecule has 2 atom stereocenters. The molecule has 0 spiro atoms. The molecule has 1 aliphatic carbocycles. The van der Waals surface area contributed by atoms with Crippen molar-refractivity contribution in [1.82, 2.24) is 15.2 Å². The van der Waals surface area contributed by atoms with Gasteiger partial charge in [0.15, 0.2) is 0 Å². The Morgan fingerprint density at radius 2 is 2.10 bits per heavy atom. The molecule has 1 saturated carbocycles. The molecular formula is C15H19ClN4. The van der Waals surface area contributed by atoms with Crippen molar-refractivity contribution >= 4 is 28.6 Å². The van der Waals surface area contributed by atoms with Crippen molar-refractivity contribution in [3.05, 3.63) is 24.3 Å². The van der Waals surface area contributed by atoms with Crippen LogP contribution in [0.2, 0.25) is 0 Å². The average Bonchev–Trinajstić information content (AvgIpc) is 2.47. The number of para-hydroxylation sites is 1. The van der Waals surface area contributed by atoms with Gasteiger partial charge in [0.1, 0.15) is 5.52 Å². The largest absolute Gasteiger partial charge is 0.346 e. The molecule has 1 heterocycles. The van der Waals surface area contributed by atoms with Crippen molar-refractivity contribution in [2.45, 2.75) is 38.1 Å². The maximum Gasteiger partial charge on any atom is 0.243 e. The maximum atomic E-state index is 6.23. The number of nitrogens with one attached hydrogen (secondary N) is 1. The summed E-state index contributed by atoms with van der Waals surface area (Å²) in [5.74, 6) is 1.84. The highest BCUT2D eigenvalue weighted by Gasteiger charge is 2.34. The van der Waals surface area contributed by atoms with Gasteiger partial charge in [-0.2, -0.15) is 0 Å². The number of anilines is 1. The van der Waals surface area contributed by atoms with Crippen LogP contribution in [0.5, 0.6) is 0 Å². The number of hydrogen-bond donors (Lipinski definition) is 1. The van der Waals surface area contributed by atoms with E-state index in [1.165, 1.54) is 12.8 Å². The molecule has 106 valence electrons. The van der Waals surface area contributed by atoms with Gasteiger partial charge in [0, 0.05) is 5.88 Å². The van der Waals surface area contributed by atoms with Crippen LogP contribution in [-0.4, -0.2) is 26.6 Å². The molecular weight excluding hydrogens is 272 g/mol. The van der Waals surface area contributed by atoms with Crippen LogP contribution in [-0.2, 0) is 0 Å². The number of rotatable bonds is 3. The predicted octanol–water partition coefficient (Wildman–Crippen LogP) is 3.62. The van der Waals surface area contributed by atoms with E-state index in [1.54, 1.807) is 0 Å². The van der Waals surface area contributed by atoms with Crippen LogP contribution in [0.25, 0.3) is 11.0 Å². The quantitative estimate of drug-likeness (QED) is 0.877. The number of benzene rings is 1. The lowest BCUT2D eigenvalue weighted by atomic mass is 9.77. The molecule has 2 aromatic rings. The highest BCUT2D eigenvalue weighted by atomic mass is 35.5. The number of aromatic nitrogens is 3. The van der Waals surface area contributed by atoms with Gasteiger partial charge in [-0.25, -0.2) is 4.98 Å². The number of fused-ring (bicyclic) bond motifs is 1. The molecule has 1 fully saturated rings. The number of halogens is 1. The first kappa shape index (κ1) is 13.6. The third kappa shape index (κ3) is 2.70. The minimum Gasteiger partial charge on any atom is -0.346 e. The molecule has 3 rings (SSSR count). The molecule has 1 aromatic carbocycles. The molecule has 1 aliphatic rings. The molecule has 0 radical (unpaired) electrons. The average molecular weight is 291 g/mol. The van der Waals surface area contributed by atoms with Crippen molar-refractivity contribution in [2.75, 3.05) is 11.2 Å². The van der Waals surface area contributed by atoms with Gasteiger partial charge in [0.2, 0.25) is 5.95 Å². The standard InChI is InChI=1S/C15H19ClN4/c1-11-5-4-8-15(9-11,10-16)18-14-17-12-6-2-3-7-13(12)19-20-14/h2-3,6-7,11H,4-5,8-10H2,1H3,(H,17,18,20). The summed E-state index contributed by atoms with van der Waals surface area (Å²) in [6.45, 7) is 2.28. The maximum absolute atomic E-state index is 6.23. The van der Waals surface area contributed by atoms with Gasteiger partial charge in [-0.05, 0) is 30.9 Å². The van der Waals surface area contributed by atoms with Gasteiger partial charge < -0.3 is 5.32 Å². The molecule has 0 bridgehead atoms. The summed E-state index contributed by atoms with van der Waals surface area (Å²) in [5.41, 5.74) is 1.58. The van der Waals surface area contributed by atoms with Gasteiger partial charge in [0.05, 0.1) is 11.1 Å². The second-order valence-corrected chi connectivity index (χ2v) is 6.13. The molecule has 0 saturated heterocycles. The molecule has 2 unspecified atom stereocenters. The summed E-state index contributed by atoms with van der Waals surface area (Å²) >= 11 is 6.23. The second-order valence-electron chi connectivity index (χ2n) is 5.86. The Morgan fingerprint density at radius 3 is 2.85 bits per heavy atom. The lowest BCUT2D eigenvalue weighted by Gasteiger charge is -2.39. The smallest absolute Gasteiger partial charge is 0.243 e. The molecule has 20 heavy (non-hydrogen) atoms. The van der Waals surface area contributed by atoms with Gasteiger partial charge >= 0.3 is 0 Å². The first-order chi connectivity index (χ1) is 9.71. The van der Waals surface area contributed by atoms with E-state index < -0.39 is 0 Å². The van der Waals surface area contributed by atoms with E-state index in [0.717, 1.165) is 23.9 Å². The zero-order valence-corrected chi connectivity index (χ0v) is 12.4. The summed E-state index contributed by atoms with van der Waals surface area (Å²) < 4.78 is 0. The highest BCUT2D eigenvalue weighted by molar-refractivity contribution is 6.18. The van der Waals surface area contributed by atoms with Crippen molar-refractivity contribution in [3.63, 3.8) is 0 Å². The first-order valence-electron chi connectivity index (χ1n) is 7.14. The predicted molar refractivity (Wildman–Crippen MR) is 82.0 cm³/mol. The minimum absolute atomic E-state index is 0.0939. The fourth-order valence-electron chi connectivity index (χ4n) is 3.10. The van der Waals surface area contributed by atoms with Crippen LogP contribution in [0.15, 0.2) is 24.3 Å². The SMILES string of the molecule is CC1CCCC(CCl)(Nc2nnc3ccccc3n2)C1. The monoisotopic (exact) mass is 290 g/mol. The fraction of sp³-hybridized carbons (Fsp3) is 0.533. The first-order valence-corrected chi connectivity index (χ1v) is 7.68. The molecule has 1 N–H and O–H groups in total. The van der Waals surface area contributed by atoms with E-state index in [0.29, 0.717) is 17.7 Å². The van der Waals surface area contributed by atoms with E-state index in [-0.39, 0.29) is 5.54 Å². The third-order valence-electron chi connectivity index (χ3n) is 4.08. The van der Waals surface area contributed by atoms with E-state index in [9.17, 15) is 0 Å². The lowest BCUT2D eigenvalue weighted by Crippen LogP contribution is -2.44. The zero-order valence-electron chi connectivity index (χ0n) is 11.6. The molecule has 1 aromatic heterocycles. The van der Waals surface area contributed by atoms with Crippen molar-refractivity contribution in [1.29, 1.82) is 0 Å². The Kier molecular flexibility index (Phi) is 3.74. The Hall–Kier alpha value is -1.42. The van der Waals surface area contributed by atoms with E-state index in [1.807, 2.05) is 24.3 Å². The third-order valence-corrected chi connectivity index (χ3v) is 4.60. The minimum atomic E-state index is -0.0939. The Balaban J connectivity index is 1.87. The fourth-order valence-corrected chi connectivity index (χ4v) is 3.41. The van der Waals surface area contributed by atoms with Crippen LogP contribution in [0.3, 0.4) is 0 Å². The summed E-state index contributed by atoms with van der Waals surface area (Å²) in [6, 6.07) is 7.76. The summed E-state index contributed by atoms with van der Waals surface area (Å²) in [5, 5.41) is 11.9. The van der Waals surface area contributed by atoms with Gasteiger partial charge in [-0.15, -0.1) is 21.8 Å². The van der Waals surface area contributed by atoms with Gasteiger partial charge in [-0.3, -0.25) is 0 Å². The Morgan fingerprint density at radius 1 is 1.30 bits per heavy atom. The topological polar surface area (TPSA) is 50.7 Å². The number of alkyl halides is 1. The van der Waals surface area contributed by atoms with E-state index >= 15 is 0 Å². The van der Waals surface area contributed by atoms with Crippen LogP contribution in [0, 0.1) is 5.92 Å². The number of hydrogen-bond acceptors (Lipinski definition) is 4. The van der Waals surface area contributed by atoms with Gasteiger partial charge in [-0.1, -0.05) is 31.9 Å². The molecule has 0 amide bonds. The van der Waals surface area contributed by atoms with Crippen LogP contribution < -0.4 is 5.32 Å². The van der Waals surface area contributed by atoms with E-state index in [4.69, 9.17) is 11.6 Å².